The molecule has 0 spiro atoms. The quantitative estimate of drug-likeness (QED) is 0.411. The Kier molecular flexibility index (Phi) is 7.57. The first-order valence-electron chi connectivity index (χ1n) is 10.1. The normalized spacial score (nSPS) is 15.4. The summed E-state index contributed by atoms with van der Waals surface area (Å²) >= 11 is 12.8. The molecular weight excluding hydrogens is 495 g/mol. The van der Waals surface area contributed by atoms with E-state index in [-0.39, 0.29) is 11.1 Å². The van der Waals surface area contributed by atoms with Crippen LogP contribution in [0.4, 0.5) is 0 Å². The van der Waals surface area contributed by atoms with E-state index in [0.29, 0.717) is 38.6 Å². The molecule has 6 nitrogen and oxygen atoms in total. The average Bonchev–Trinajstić information content (AvgIpc) is 3.17. The number of amides is 2. The van der Waals surface area contributed by atoms with Crippen molar-refractivity contribution in [2.45, 2.75) is 6.61 Å². The third kappa shape index (κ3) is 5.99. The molecule has 1 heterocycles. The summed E-state index contributed by atoms with van der Waals surface area (Å²) in [6.45, 7) is 0.355. The molecule has 0 unspecified atom stereocenters. The van der Waals surface area contributed by atoms with Crippen LogP contribution in [0.15, 0.2) is 76.6 Å². The number of carbonyl (C=O) groups is 2. The van der Waals surface area contributed by atoms with Crippen LogP contribution in [0, 0.1) is 0 Å². The van der Waals surface area contributed by atoms with E-state index in [9.17, 15) is 9.59 Å². The number of nitrogens with zero attached hydrogens (tertiary/aromatic N) is 1. The standard InChI is InChI=1S/C25H18Cl2N2O4S/c1-32-21-12-16(4-11-20(21)33-14-15-2-7-18(26)8-3-15)13-22-24(31)29-25(34-22)28-23(30)17-5-9-19(27)10-6-17/h2-13H,14H2,1H3,(H,28,29,30,31)/b22-13-. The third-order valence-electron chi connectivity index (χ3n) is 4.74. The zero-order valence-corrected chi connectivity index (χ0v) is 20.2. The van der Waals surface area contributed by atoms with Crippen LogP contribution in [0.5, 0.6) is 11.5 Å². The first-order valence-corrected chi connectivity index (χ1v) is 11.6. The van der Waals surface area contributed by atoms with Crippen LogP contribution in [0.2, 0.25) is 10.0 Å². The molecule has 4 rings (SSSR count). The van der Waals surface area contributed by atoms with Gasteiger partial charge in [0.1, 0.15) is 6.61 Å². The van der Waals surface area contributed by atoms with E-state index in [4.69, 9.17) is 32.7 Å². The fraction of sp³-hybridized carbons (Fsp3) is 0.0800. The van der Waals surface area contributed by atoms with Crippen LogP contribution >= 0.6 is 35.0 Å². The summed E-state index contributed by atoms with van der Waals surface area (Å²) < 4.78 is 11.3. The molecule has 2 amide bonds. The number of thioether (sulfide) groups is 1. The van der Waals surface area contributed by atoms with Gasteiger partial charge in [-0.2, -0.15) is 4.99 Å². The van der Waals surface area contributed by atoms with Crippen molar-refractivity contribution in [3.63, 3.8) is 0 Å². The van der Waals surface area contributed by atoms with E-state index in [1.54, 1.807) is 61.7 Å². The molecule has 1 aliphatic heterocycles. The number of rotatable bonds is 6. The first-order chi connectivity index (χ1) is 16.4. The highest BCUT2D eigenvalue weighted by Gasteiger charge is 2.25. The van der Waals surface area contributed by atoms with Gasteiger partial charge < -0.3 is 14.8 Å². The van der Waals surface area contributed by atoms with Gasteiger partial charge >= 0.3 is 0 Å². The van der Waals surface area contributed by atoms with E-state index in [2.05, 4.69) is 10.3 Å². The summed E-state index contributed by atoms with van der Waals surface area (Å²) in [5, 5.41) is 4.01. The van der Waals surface area contributed by atoms with Gasteiger partial charge in [-0.05, 0) is 77.5 Å². The summed E-state index contributed by atoms with van der Waals surface area (Å²) in [5.74, 6) is 0.289. The highest BCUT2D eigenvalue weighted by Crippen LogP contribution is 2.32. The molecule has 0 atom stereocenters. The molecule has 1 N–H and O–H groups in total. The second-order valence-corrected chi connectivity index (χ2v) is 9.02. The van der Waals surface area contributed by atoms with Crippen LogP contribution in [0.1, 0.15) is 21.5 Å². The van der Waals surface area contributed by atoms with Gasteiger partial charge in [-0.15, -0.1) is 0 Å². The van der Waals surface area contributed by atoms with Gasteiger partial charge in [0.15, 0.2) is 16.7 Å². The number of methoxy groups -OCH3 is 1. The second kappa shape index (κ2) is 10.8. The zero-order chi connectivity index (χ0) is 24.1. The van der Waals surface area contributed by atoms with E-state index in [1.807, 2.05) is 18.2 Å². The Balaban J connectivity index is 1.46. The number of aliphatic imine (C=N–C) groups is 1. The largest absolute Gasteiger partial charge is 0.493 e. The van der Waals surface area contributed by atoms with Crippen molar-refractivity contribution >= 4 is 58.0 Å². The highest BCUT2D eigenvalue weighted by molar-refractivity contribution is 8.18. The maximum Gasteiger partial charge on any atom is 0.279 e. The minimum Gasteiger partial charge on any atom is -0.493 e. The topological polar surface area (TPSA) is 77.0 Å². The minimum absolute atomic E-state index is 0.214. The summed E-state index contributed by atoms with van der Waals surface area (Å²) in [7, 11) is 1.55. The average molecular weight is 513 g/mol. The smallest absolute Gasteiger partial charge is 0.279 e. The molecular formula is C25H18Cl2N2O4S. The number of benzene rings is 3. The van der Waals surface area contributed by atoms with E-state index in [0.717, 1.165) is 22.9 Å². The van der Waals surface area contributed by atoms with Gasteiger partial charge in [0, 0.05) is 15.6 Å². The Morgan fingerprint density at radius 1 is 1.00 bits per heavy atom. The molecule has 0 saturated carbocycles. The van der Waals surface area contributed by atoms with Crippen LogP contribution in [-0.2, 0) is 11.4 Å². The maximum absolute atomic E-state index is 12.4. The number of nitrogens with one attached hydrogen (secondary N) is 1. The van der Waals surface area contributed by atoms with Crippen LogP contribution in [0.25, 0.3) is 6.08 Å². The SMILES string of the molecule is COc1cc(/C=C2\SC(=NC(=O)c3ccc(Cl)cc3)NC2=O)ccc1OCc1ccc(Cl)cc1. The monoisotopic (exact) mass is 512 g/mol. The Labute approximate surface area is 210 Å². The van der Waals surface area contributed by atoms with Crippen molar-refractivity contribution < 1.29 is 19.1 Å². The van der Waals surface area contributed by atoms with Gasteiger partial charge in [0.05, 0.1) is 12.0 Å². The van der Waals surface area contributed by atoms with Crippen molar-refractivity contribution in [1.82, 2.24) is 5.32 Å². The lowest BCUT2D eigenvalue weighted by atomic mass is 10.2. The summed E-state index contributed by atoms with van der Waals surface area (Å²) in [6.07, 6.45) is 1.70. The summed E-state index contributed by atoms with van der Waals surface area (Å²) in [4.78, 5) is 29.1. The Bertz CT molecular complexity index is 1290. The lowest BCUT2D eigenvalue weighted by Crippen LogP contribution is -2.20. The number of halogens is 2. The zero-order valence-electron chi connectivity index (χ0n) is 17.9. The Morgan fingerprint density at radius 2 is 1.68 bits per heavy atom. The number of carbonyl (C=O) groups excluding carboxylic acids is 2. The fourth-order valence-corrected chi connectivity index (χ4v) is 4.09. The number of hydrogen-bond donors (Lipinski definition) is 1. The molecule has 1 saturated heterocycles. The van der Waals surface area contributed by atoms with E-state index < -0.39 is 5.91 Å². The van der Waals surface area contributed by atoms with Gasteiger partial charge in [-0.3, -0.25) is 9.59 Å². The fourth-order valence-electron chi connectivity index (χ4n) is 3.02. The maximum atomic E-state index is 12.4. The molecule has 1 fully saturated rings. The summed E-state index contributed by atoms with van der Waals surface area (Å²) in [5.41, 5.74) is 2.08. The lowest BCUT2D eigenvalue weighted by molar-refractivity contribution is -0.115. The Morgan fingerprint density at radius 3 is 2.35 bits per heavy atom. The molecule has 0 aromatic heterocycles. The molecule has 34 heavy (non-hydrogen) atoms. The minimum atomic E-state index is -0.468. The number of ether oxygens (including phenoxy) is 2. The van der Waals surface area contributed by atoms with Gasteiger partial charge in [-0.25, -0.2) is 0 Å². The third-order valence-corrected chi connectivity index (χ3v) is 6.15. The second-order valence-electron chi connectivity index (χ2n) is 7.12. The molecule has 0 aliphatic carbocycles. The van der Waals surface area contributed by atoms with Crippen molar-refractivity contribution in [2.24, 2.45) is 4.99 Å². The van der Waals surface area contributed by atoms with Crippen LogP contribution in [-0.4, -0.2) is 24.1 Å². The number of hydrogen-bond acceptors (Lipinski definition) is 5. The molecule has 1 aliphatic rings. The number of amidine groups is 1. The van der Waals surface area contributed by atoms with Crippen LogP contribution in [0.3, 0.4) is 0 Å². The van der Waals surface area contributed by atoms with E-state index >= 15 is 0 Å². The van der Waals surface area contributed by atoms with Gasteiger partial charge in [0.2, 0.25) is 0 Å². The van der Waals surface area contributed by atoms with Crippen molar-refractivity contribution in [3.8, 4) is 11.5 Å². The predicted octanol–water partition coefficient (Wildman–Crippen LogP) is 5.98. The predicted molar refractivity (Wildman–Crippen MR) is 136 cm³/mol. The van der Waals surface area contributed by atoms with Crippen molar-refractivity contribution in [3.05, 3.63) is 98.4 Å². The van der Waals surface area contributed by atoms with Crippen molar-refractivity contribution in [1.29, 1.82) is 0 Å². The highest BCUT2D eigenvalue weighted by atomic mass is 35.5. The van der Waals surface area contributed by atoms with Crippen LogP contribution < -0.4 is 14.8 Å². The molecule has 3 aromatic rings. The van der Waals surface area contributed by atoms with Gasteiger partial charge in [-0.1, -0.05) is 41.4 Å². The van der Waals surface area contributed by atoms with Crippen molar-refractivity contribution in [2.75, 3.05) is 7.11 Å². The molecule has 172 valence electrons. The molecule has 3 aromatic carbocycles. The molecule has 9 heteroatoms. The summed E-state index contributed by atoms with van der Waals surface area (Å²) in [6, 6.07) is 19.1. The Hall–Kier alpha value is -3.26. The lowest BCUT2D eigenvalue weighted by Gasteiger charge is -2.11. The molecule has 0 bridgehead atoms. The molecule has 0 radical (unpaired) electrons. The van der Waals surface area contributed by atoms with E-state index in [1.165, 1.54) is 0 Å². The first kappa shape index (κ1) is 23.9. The van der Waals surface area contributed by atoms with Gasteiger partial charge in [0.25, 0.3) is 11.8 Å².